The van der Waals surface area contributed by atoms with Gasteiger partial charge >= 0.3 is 0 Å². The lowest BCUT2D eigenvalue weighted by atomic mass is 9.98. The lowest BCUT2D eigenvalue weighted by Crippen LogP contribution is -2.27. The summed E-state index contributed by atoms with van der Waals surface area (Å²) < 4.78 is 17.7. The van der Waals surface area contributed by atoms with Crippen molar-refractivity contribution < 1.29 is 13.9 Å². The maximum absolute atomic E-state index is 6.31. The van der Waals surface area contributed by atoms with Crippen LogP contribution in [0.4, 0.5) is 0 Å². The topological polar surface area (TPSA) is 34.8 Å². The minimum atomic E-state index is 0. The summed E-state index contributed by atoms with van der Waals surface area (Å²) in [6.45, 7) is 8.05. The summed E-state index contributed by atoms with van der Waals surface area (Å²) >= 11 is 0. The molecule has 0 radical (unpaired) electrons. The van der Waals surface area contributed by atoms with Gasteiger partial charge in [-0.2, -0.15) is 0 Å². The van der Waals surface area contributed by atoms with Gasteiger partial charge in [-0.3, -0.25) is 0 Å². The average molecular weight is 452 g/mol. The number of hydrogen-bond acceptors (Lipinski definition) is 4. The summed E-state index contributed by atoms with van der Waals surface area (Å²) in [5, 5.41) is 1.06. The fourth-order valence-electron chi connectivity index (χ4n) is 3.83. The van der Waals surface area contributed by atoms with Crippen molar-refractivity contribution >= 4 is 23.4 Å². The van der Waals surface area contributed by atoms with Crippen LogP contribution < -0.4 is 9.47 Å². The van der Waals surface area contributed by atoms with E-state index in [9.17, 15) is 0 Å². The molecule has 0 amide bonds. The average Bonchev–Trinajstić information content (AvgIpc) is 3.21. The number of nitrogens with zero attached hydrogens (tertiary/aromatic N) is 1. The molecule has 0 spiro atoms. The normalized spacial score (nSPS) is 10.9. The van der Waals surface area contributed by atoms with Gasteiger partial charge in [0.25, 0.3) is 0 Å². The number of likely N-dealkylation sites (N-methyl/N-ethyl adjacent to an activating group) is 1. The van der Waals surface area contributed by atoms with Gasteiger partial charge < -0.3 is 18.8 Å². The van der Waals surface area contributed by atoms with Crippen molar-refractivity contribution in [2.45, 2.75) is 13.8 Å². The van der Waals surface area contributed by atoms with Crippen molar-refractivity contribution in [1.29, 1.82) is 0 Å². The van der Waals surface area contributed by atoms with Crippen molar-refractivity contribution in [3.8, 4) is 33.9 Å². The quantitative estimate of drug-likeness (QED) is 0.276. The van der Waals surface area contributed by atoms with E-state index in [0.29, 0.717) is 6.61 Å². The summed E-state index contributed by atoms with van der Waals surface area (Å²) in [5.41, 5.74) is 4.04. The molecule has 0 atom stereocenters. The molecule has 0 fully saturated rings. The molecule has 32 heavy (non-hydrogen) atoms. The van der Waals surface area contributed by atoms with Crippen LogP contribution in [0.2, 0.25) is 0 Å². The molecule has 5 heteroatoms. The highest BCUT2D eigenvalue weighted by atomic mass is 35.5. The van der Waals surface area contributed by atoms with E-state index in [4.69, 9.17) is 13.9 Å². The Balaban J connectivity index is 0.00000289. The molecule has 3 aromatic carbocycles. The van der Waals surface area contributed by atoms with Gasteiger partial charge in [0.15, 0.2) is 0 Å². The first-order valence-corrected chi connectivity index (χ1v) is 10.8. The fraction of sp³-hybridized carbons (Fsp3) is 0.259. The van der Waals surface area contributed by atoms with Crippen LogP contribution in [0, 0.1) is 0 Å². The molecule has 4 rings (SSSR count). The minimum Gasteiger partial charge on any atom is -0.497 e. The third-order valence-corrected chi connectivity index (χ3v) is 5.65. The number of halogens is 1. The van der Waals surface area contributed by atoms with Gasteiger partial charge in [0, 0.05) is 29.1 Å². The van der Waals surface area contributed by atoms with Crippen LogP contribution in [0.15, 0.2) is 77.2 Å². The third-order valence-electron chi connectivity index (χ3n) is 5.65. The summed E-state index contributed by atoms with van der Waals surface area (Å²) in [4.78, 5) is 2.35. The van der Waals surface area contributed by atoms with Crippen molar-refractivity contribution in [1.82, 2.24) is 4.90 Å². The Morgan fingerprint density at radius 2 is 1.50 bits per heavy atom. The number of hydrogen-bond donors (Lipinski definition) is 0. The summed E-state index contributed by atoms with van der Waals surface area (Å²) in [6, 6.07) is 24.5. The zero-order valence-corrected chi connectivity index (χ0v) is 19.7. The number of benzene rings is 3. The molecule has 1 aromatic heterocycles. The van der Waals surface area contributed by atoms with E-state index in [2.05, 4.69) is 49.1 Å². The van der Waals surface area contributed by atoms with Crippen LogP contribution >= 0.6 is 12.4 Å². The molecule has 0 aliphatic heterocycles. The van der Waals surface area contributed by atoms with E-state index in [1.807, 2.05) is 42.5 Å². The van der Waals surface area contributed by atoms with Crippen molar-refractivity contribution in [3.63, 3.8) is 0 Å². The van der Waals surface area contributed by atoms with E-state index in [1.165, 1.54) is 0 Å². The number of ether oxygens (including phenoxy) is 2. The summed E-state index contributed by atoms with van der Waals surface area (Å²) in [5.74, 6) is 2.52. The van der Waals surface area contributed by atoms with Crippen molar-refractivity contribution in [2.24, 2.45) is 0 Å². The Hall–Kier alpha value is -2.95. The molecule has 4 nitrogen and oxygen atoms in total. The first-order valence-electron chi connectivity index (χ1n) is 10.8. The zero-order valence-electron chi connectivity index (χ0n) is 18.8. The van der Waals surface area contributed by atoms with E-state index >= 15 is 0 Å². The Morgan fingerprint density at radius 1 is 0.812 bits per heavy atom. The van der Waals surface area contributed by atoms with Gasteiger partial charge in [-0.05, 0) is 42.9 Å². The monoisotopic (exact) mass is 451 g/mol. The second-order valence-electron chi connectivity index (χ2n) is 7.43. The standard InChI is InChI=1S/C27H29NO3.ClH/c1-4-28(5-2)17-18-30-22-13-11-20(12-14-22)26-24-16-15-23(29-3)19-25(24)31-27(26)21-9-7-6-8-10-21;/h6-16,19H,4-5,17-18H2,1-3H3;1H. The van der Waals surface area contributed by atoms with Crippen LogP contribution in [0.3, 0.4) is 0 Å². The molecule has 0 saturated heterocycles. The molecular weight excluding hydrogens is 422 g/mol. The molecule has 0 aliphatic carbocycles. The largest absolute Gasteiger partial charge is 0.497 e. The lowest BCUT2D eigenvalue weighted by molar-refractivity contribution is 0.223. The SMILES string of the molecule is CCN(CC)CCOc1ccc(-c2c(-c3ccccc3)oc3cc(OC)ccc23)cc1.Cl. The van der Waals surface area contributed by atoms with Crippen molar-refractivity contribution in [3.05, 3.63) is 72.8 Å². The van der Waals surface area contributed by atoms with Crippen LogP contribution in [0.5, 0.6) is 11.5 Å². The highest BCUT2D eigenvalue weighted by Gasteiger charge is 2.18. The van der Waals surface area contributed by atoms with Gasteiger partial charge in [0.05, 0.1) is 7.11 Å². The molecule has 4 aromatic rings. The van der Waals surface area contributed by atoms with E-state index in [1.54, 1.807) is 7.11 Å². The smallest absolute Gasteiger partial charge is 0.143 e. The maximum Gasteiger partial charge on any atom is 0.143 e. The highest BCUT2D eigenvalue weighted by Crippen LogP contribution is 2.42. The fourth-order valence-corrected chi connectivity index (χ4v) is 3.83. The Kier molecular flexibility index (Phi) is 8.20. The third kappa shape index (κ3) is 5.09. The van der Waals surface area contributed by atoms with Crippen LogP contribution in [0.1, 0.15) is 13.8 Å². The van der Waals surface area contributed by atoms with Crippen LogP contribution in [-0.2, 0) is 0 Å². The Morgan fingerprint density at radius 3 is 2.16 bits per heavy atom. The zero-order chi connectivity index (χ0) is 21.6. The Bertz CT molecular complexity index is 1120. The summed E-state index contributed by atoms with van der Waals surface area (Å²) in [7, 11) is 1.67. The van der Waals surface area contributed by atoms with E-state index in [-0.39, 0.29) is 12.4 Å². The highest BCUT2D eigenvalue weighted by molar-refractivity contribution is 6.02. The van der Waals surface area contributed by atoms with Crippen LogP contribution in [-0.4, -0.2) is 38.3 Å². The molecule has 0 N–H and O–H groups in total. The predicted octanol–water partition coefficient (Wildman–Crippen LogP) is 6.92. The van der Waals surface area contributed by atoms with Crippen LogP contribution in [0.25, 0.3) is 33.4 Å². The molecule has 0 aliphatic rings. The van der Waals surface area contributed by atoms with E-state index in [0.717, 1.165) is 64.6 Å². The van der Waals surface area contributed by atoms with Gasteiger partial charge in [-0.15, -0.1) is 12.4 Å². The van der Waals surface area contributed by atoms with Gasteiger partial charge in [0.1, 0.15) is 29.4 Å². The van der Waals surface area contributed by atoms with E-state index < -0.39 is 0 Å². The van der Waals surface area contributed by atoms with Gasteiger partial charge in [0.2, 0.25) is 0 Å². The number of fused-ring (bicyclic) bond motifs is 1. The molecule has 0 unspecified atom stereocenters. The molecule has 168 valence electrons. The molecule has 1 heterocycles. The van der Waals surface area contributed by atoms with Gasteiger partial charge in [-0.1, -0.05) is 56.3 Å². The second-order valence-corrected chi connectivity index (χ2v) is 7.43. The predicted molar refractivity (Wildman–Crippen MR) is 134 cm³/mol. The number of furan rings is 1. The summed E-state index contributed by atoms with van der Waals surface area (Å²) in [6.07, 6.45) is 0. The lowest BCUT2D eigenvalue weighted by Gasteiger charge is -2.18. The molecule has 0 saturated carbocycles. The second kappa shape index (κ2) is 11.1. The number of methoxy groups -OCH3 is 1. The van der Waals surface area contributed by atoms with Crippen molar-refractivity contribution in [2.75, 3.05) is 33.4 Å². The molecule has 0 bridgehead atoms. The first kappa shape index (κ1) is 23.7. The van der Waals surface area contributed by atoms with Gasteiger partial charge in [-0.25, -0.2) is 0 Å². The maximum atomic E-state index is 6.31. The first-order chi connectivity index (χ1) is 15.2. The Labute approximate surface area is 196 Å². The number of rotatable bonds is 9. The minimum absolute atomic E-state index is 0. The molecular formula is C27H30ClNO3.